The lowest BCUT2D eigenvalue weighted by Crippen LogP contribution is -2.33. The van der Waals surface area contributed by atoms with Gasteiger partial charge in [-0.1, -0.05) is 55.5 Å². The Labute approximate surface area is 146 Å². The normalized spacial score (nSPS) is 13.6. The lowest BCUT2D eigenvalue weighted by Gasteiger charge is -2.15. The van der Waals surface area contributed by atoms with Crippen molar-refractivity contribution in [2.45, 2.75) is 19.3 Å². The Kier molecular flexibility index (Phi) is 5.03. The van der Waals surface area contributed by atoms with Gasteiger partial charge in [0.25, 0.3) is 0 Å². The van der Waals surface area contributed by atoms with Crippen LogP contribution in [0.25, 0.3) is 11.1 Å². The second-order valence-electron chi connectivity index (χ2n) is 6.15. The summed E-state index contributed by atoms with van der Waals surface area (Å²) in [7, 11) is 0. The molecule has 2 N–H and O–H groups in total. The van der Waals surface area contributed by atoms with Gasteiger partial charge in [0.05, 0.1) is 5.92 Å². The number of alkyl carbamates (subject to hydrolysis) is 1. The summed E-state index contributed by atoms with van der Waals surface area (Å²) in [6.45, 7) is 2.07. The molecule has 3 rings (SSSR count). The first-order valence-electron chi connectivity index (χ1n) is 8.43. The molecule has 1 atom stereocenters. The maximum Gasteiger partial charge on any atom is 0.407 e. The Hall–Kier alpha value is -2.82. The van der Waals surface area contributed by atoms with E-state index in [0.717, 1.165) is 11.1 Å². The molecule has 0 aliphatic heterocycles. The molecule has 1 aliphatic rings. The smallest absolute Gasteiger partial charge is 0.407 e. The Bertz CT molecular complexity index is 741. The van der Waals surface area contributed by atoms with Gasteiger partial charge in [-0.3, -0.25) is 4.79 Å². The SMILES string of the molecule is CC[C@H](CNC(=O)OCC1c2ccccc2-c2ccccc21)C(=O)O. The van der Waals surface area contributed by atoms with Gasteiger partial charge in [0.2, 0.25) is 0 Å². The Morgan fingerprint density at radius 3 is 2.16 bits per heavy atom. The summed E-state index contributed by atoms with van der Waals surface area (Å²) < 4.78 is 5.37. The molecule has 1 amide bonds. The standard InChI is InChI=1S/C20H21NO4/c1-2-13(19(22)23)11-21-20(24)25-12-18-16-9-5-3-7-14(16)15-8-4-6-10-17(15)18/h3-10,13,18H,2,11-12H2,1H3,(H,21,24)(H,22,23)/t13-/m1/s1. The van der Waals surface area contributed by atoms with Gasteiger partial charge in [-0.05, 0) is 28.7 Å². The molecule has 0 spiro atoms. The van der Waals surface area contributed by atoms with E-state index in [0.29, 0.717) is 6.42 Å². The lowest BCUT2D eigenvalue weighted by molar-refractivity contribution is -0.141. The highest BCUT2D eigenvalue weighted by Gasteiger charge is 2.29. The van der Waals surface area contributed by atoms with E-state index in [-0.39, 0.29) is 19.1 Å². The number of ether oxygens (including phenoxy) is 1. The molecule has 130 valence electrons. The van der Waals surface area contributed by atoms with E-state index in [1.54, 1.807) is 6.92 Å². The number of amides is 1. The van der Waals surface area contributed by atoms with E-state index in [1.807, 2.05) is 24.3 Å². The first kappa shape index (κ1) is 17.0. The number of hydrogen-bond donors (Lipinski definition) is 2. The third-order valence-electron chi connectivity index (χ3n) is 4.68. The van der Waals surface area contributed by atoms with Crippen LogP contribution < -0.4 is 5.32 Å². The summed E-state index contributed by atoms with van der Waals surface area (Å²) in [4.78, 5) is 22.9. The van der Waals surface area contributed by atoms with Gasteiger partial charge in [0.1, 0.15) is 6.61 Å². The maximum atomic E-state index is 11.9. The van der Waals surface area contributed by atoms with Crippen LogP contribution in [-0.4, -0.2) is 30.3 Å². The highest BCUT2D eigenvalue weighted by Crippen LogP contribution is 2.44. The van der Waals surface area contributed by atoms with Crippen molar-refractivity contribution < 1.29 is 19.4 Å². The van der Waals surface area contributed by atoms with Gasteiger partial charge in [0, 0.05) is 12.5 Å². The van der Waals surface area contributed by atoms with Gasteiger partial charge >= 0.3 is 12.1 Å². The van der Waals surface area contributed by atoms with Crippen molar-refractivity contribution in [2.24, 2.45) is 5.92 Å². The van der Waals surface area contributed by atoms with Crippen LogP contribution in [0, 0.1) is 5.92 Å². The van der Waals surface area contributed by atoms with E-state index in [9.17, 15) is 9.59 Å². The number of carboxylic acid groups (broad SMARTS) is 1. The van der Waals surface area contributed by atoms with Gasteiger partial charge in [-0.25, -0.2) is 4.79 Å². The number of nitrogens with one attached hydrogen (secondary N) is 1. The average molecular weight is 339 g/mol. The molecule has 0 unspecified atom stereocenters. The van der Waals surface area contributed by atoms with E-state index in [4.69, 9.17) is 9.84 Å². The molecule has 0 radical (unpaired) electrons. The molecule has 0 saturated carbocycles. The van der Waals surface area contributed by atoms with Crippen LogP contribution in [0.5, 0.6) is 0 Å². The zero-order valence-corrected chi connectivity index (χ0v) is 14.1. The van der Waals surface area contributed by atoms with Crippen LogP contribution in [0.4, 0.5) is 4.79 Å². The van der Waals surface area contributed by atoms with Crippen molar-refractivity contribution in [1.29, 1.82) is 0 Å². The predicted molar refractivity (Wildman–Crippen MR) is 94.5 cm³/mol. The molecule has 0 saturated heterocycles. The van der Waals surface area contributed by atoms with E-state index >= 15 is 0 Å². The number of carboxylic acids is 1. The Balaban J connectivity index is 1.65. The minimum absolute atomic E-state index is 0.000374. The zero-order valence-electron chi connectivity index (χ0n) is 14.1. The van der Waals surface area contributed by atoms with E-state index in [1.165, 1.54) is 11.1 Å². The highest BCUT2D eigenvalue weighted by molar-refractivity contribution is 5.79. The molecule has 1 aliphatic carbocycles. The molecule has 0 bridgehead atoms. The number of aliphatic carboxylic acids is 1. The quantitative estimate of drug-likeness (QED) is 0.842. The molecule has 2 aromatic rings. The topological polar surface area (TPSA) is 75.6 Å². The van der Waals surface area contributed by atoms with Crippen molar-refractivity contribution in [1.82, 2.24) is 5.32 Å². The number of benzene rings is 2. The van der Waals surface area contributed by atoms with Crippen LogP contribution in [0.1, 0.15) is 30.4 Å². The van der Waals surface area contributed by atoms with Crippen LogP contribution in [0.15, 0.2) is 48.5 Å². The van der Waals surface area contributed by atoms with E-state index in [2.05, 4.69) is 29.6 Å². The molecule has 0 aromatic heterocycles. The van der Waals surface area contributed by atoms with Gasteiger partial charge < -0.3 is 15.2 Å². The Morgan fingerprint density at radius 1 is 1.08 bits per heavy atom. The predicted octanol–water partition coefficient (Wildman–Crippen LogP) is 3.64. The van der Waals surface area contributed by atoms with Gasteiger partial charge in [-0.2, -0.15) is 0 Å². The van der Waals surface area contributed by atoms with Crippen LogP contribution in [0.2, 0.25) is 0 Å². The molecular formula is C20H21NO4. The fourth-order valence-electron chi connectivity index (χ4n) is 3.26. The van der Waals surface area contributed by atoms with E-state index < -0.39 is 18.0 Å². The summed E-state index contributed by atoms with van der Waals surface area (Å²) in [5, 5.41) is 11.6. The van der Waals surface area contributed by atoms with Crippen molar-refractivity contribution >= 4 is 12.1 Å². The van der Waals surface area contributed by atoms with Crippen LogP contribution in [0.3, 0.4) is 0 Å². The molecule has 5 nitrogen and oxygen atoms in total. The molecule has 2 aromatic carbocycles. The first-order chi connectivity index (χ1) is 12.1. The molecule has 5 heteroatoms. The number of fused-ring (bicyclic) bond motifs is 3. The summed E-state index contributed by atoms with van der Waals surface area (Å²) in [6.07, 6.45) is -0.125. The largest absolute Gasteiger partial charge is 0.481 e. The number of rotatable bonds is 6. The maximum absolute atomic E-state index is 11.9. The number of carbonyl (C=O) groups is 2. The second kappa shape index (κ2) is 7.38. The lowest BCUT2D eigenvalue weighted by atomic mass is 9.98. The minimum atomic E-state index is -0.915. The summed E-state index contributed by atoms with van der Waals surface area (Å²) >= 11 is 0. The minimum Gasteiger partial charge on any atom is -0.481 e. The van der Waals surface area contributed by atoms with Crippen molar-refractivity contribution in [3.63, 3.8) is 0 Å². The monoisotopic (exact) mass is 339 g/mol. The van der Waals surface area contributed by atoms with Crippen molar-refractivity contribution in [2.75, 3.05) is 13.2 Å². The number of hydrogen-bond acceptors (Lipinski definition) is 3. The third kappa shape index (κ3) is 3.50. The van der Waals surface area contributed by atoms with Gasteiger partial charge in [0.15, 0.2) is 0 Å². The summed E-state index contributed by atoms with van der Waals surface area (Å²) in [5.74, 6) is -1.51. The summed E-state index contributed by atoms with van der Waals surface area (Å²) in [5.41, 5.74) is 4.63. The molecule has 0 fully saturated rings. The first-order valence-corrected chi connectivity index (χ1v) is 8.43. The zero-order chi connectivity index (χ0) is 17.8. The molecular weight excluding hydrogens is 318 g/mol. The highest BCUT2D eigenvalue weighted by atomic mass is 16.5. The van der Waals surface area contributed by atoms with Gasteiger partial charge in [-0.15, -0.1) is 0 Å². The second-order valence-corrected chi connectivity index (χ2v) is 6.15. The van der Waals surface area contributed by atoms with Crippen molar-refractivity contribution in [3.8, 4) is 11.1 Å². The third-order valence-corrected chi connectivity index (χ3v) is 4.68. The fourth-order valence-corrected chi connectivity index (χ4v) is 3.26. The van der Waals surface area contributed by atoms with Crippen molar-refractivity contribution in [3.05, 3.63) is 59.7 Å². The van der Waals surface area contributed by atoms with Crippen LogP contribution in [-0.2, 0) is 9.53 Å². The molecule has 0 heterocycles. The van der Waals surface area contributed by atoms with Crippen LogP contribution >= 0.6 is 0 Å². The number of carbonyl (C=O) groups excluding carboxylic acids is 1. The average Bonchev–Trinajstić information content (AvgIpc) is 2.94. The summed E-state index contributed by atoms with van der Waals surface area (Å²) in [6, 6.07) is 16.2. The Morgan fingerprint density at radius 2 is 1.64 bits per heavy atom. The fraction of sp³-hybridized carbons (Fsp3) is 0.300. The molecule has 25 heavy (non-hydrogen) atoms.